The largest absolute Gasteiger partial charge is 0.326 e. The van der Waals surface area contributed by atoms with Gasteiger partial charge in [0.25, 0.3) is 5.56 Å². The standard InChI is InChI=1S/C20H18N4O3/c25-18(11-24-12-21-17-7-2-1-6-16(17)20(24)27)22-14-4-3-5-15(10-14)23-19(26)13-8-9-13/h1-7,10,12-13H,8-9,11H2,(H,22,25)(H,23,26). The van der Waals surface area contributed by atoms with Gasteiger partial charge in [-0.2, -0.15) is 0 Å². The molecule has 2 aromatic carbocycles. The maximum atomic E-state index is 12.5. The van der Waals surface area contributed by atoms with E-state index >= 15 is 0 Å². The highest BCUT2D eigenvalue weighted by molar-refractivity contribution is 5.96. The van der Waals surface area contributed by atoms with Crippen molar-refractivity contribution in [3.8, 4) is 0 Å². The lowest BCUT2D eigenvalue weighted by atomic mass is 10.2. The van der Waals surface area contributed by atoms with Gasteiger partial charge in [-0.3, -0.25) is 19.0 Å². The topological polar surface area (TPSA) is 93.1 Å². The van der Waals surface area contributed by atoms with Crippen molar-refractivity contribution in [2.45, 2.75) is 19.4 Å². The summed E-state index contributed by atoms with van der Waals surface area (Å²) in [5.74, 6) is -0.234. The highest BCUT2D eigenvalue weighted by atomic mass is 16.2. The van der Waals surface area contributed by atoms with Gasteiger partial charge in [-0.05, 0) is 43.2 Å². The Kier molecular flexibility index (Phi) is 4.42. The summed E-state index contributed by atoms with van der Waals surface area (Å²) in [6.45, 7) is -0.144. The van der Waals surface area contributed by atoms with E-state index in [-0.39, 0.29) is 29.8 Å². The van der Waals surface area contributed by atoms with Crippen molar-refractivity contribution in [1.82, 2.24) is 9.55 Å². The zero-order valence-electron chi connectivity index (χ0n) is 14.5. The minimum Gasteiger partial charge on any atom is -0.326 e. The number of anilines is 2. The van der Waals surface area contributed by atoms with Gasteiger partial charge in [-0.25, -0.2) is 4.98 Å². The van der Waals surface area contributed by atoms with Crippen LogP contribution >= 0.6 is 0 Å². The molecule has 1 aliphatic carbocycles. The molecule has 0 spiro atoms. The minimum absolute atomic E-state index is 0.00673. The molecule has 2 N–H and O–H groups in total. The van der Waals surface area contributed by atoms with Crippen molar-refractivity contribution in [3.05, 3.63) is 65.2 Å². The number of hydrogen-bond acceptors (Lipinski definition) is 4. The summed E-state index contributed by atoms with van der Waals surface area (Å²) in [6, 6.07) is 14.0. The van der Waals surface area contributed by atoms with Crippen LogP contribution in [0.3, 0.4) is 0 Å². The second-order valence-electron chi connectivity index (χ2n) is 6.59. The Balaban J connectivity index is 1.46. The predicted octanol–water partition coefficient (Wildman–Crippen LogP) is 2.38. The number of nitrogens with zero attached hydrogens (tertiary/aromatic N) is 2. The first kappa shape index (κ1) is 17.0. The molecular formula is C20H18N4O3. The van der Waals surface area contributed by atoms with Gasteiger partial charge < -0.3 is 10.6 Å². The van der Waals surface area contributed by atoms with E-state index < -0.39 is 0 Å². The van der Waals surface area contributed by atoms with Gasteiger partial charge in [0.2, 0.25) is 11.8 Å². The van der Waals surface area contributed by atoms with Crippen LogP contribution in [-0.4, -0.2) is 21.4 Å². The van der Waals surface area contributed by atoms with Crippen LogP contribution in [-0.2, 0) is 16.1 Å². The number of para-hydroxylation sites is 1. The van der Waals surface area contributed by atoms with E-state index in [1.807, 2.05) is 0 Å². The van der Waals surface area contributed by atoms with Gasteiger partial charge in [0.05, 0.1) is 17.2 Å². The first-order chi connectivity index (χ1) is 13.1. The lowest BCUT2D eigenvalue weighted by Crippen LogP contribution is -2.27. The van der Waals surface area contributed by atoms with Gasteiger partial charge in [0, 0.05) is 17.3 Å². The molecule has 4 rings (SSSR count). The molecule has 7 nitrogen and oxygen atoms in total. The average Bonchev–Trinajstić information content (AvgIpc) is 3.50. The Labute approximate surface area is 155 Å². The van der Waals surface area contributed by atoms with Crippen molar-refractivity contribution in [3.63, 3.8) is 0 Å². The summed E-state index contributed by atoms with van der Waals surface area (Å²) < 4.78 is 1.27. The number of carbonyl (C=O) groups excluding carboxylic acids is 2. The Morgan fingerprint density at radius 1 is 1.04 bits per heavy atom. The SMILES string of the molecule is O=C(Cn1cnc2ccccc2c1=O)Nc1cccc(NC(=O)C2CC2)c1. The molecule has 0 atom stereocenters. The van der Waals surface area contributed by atoms with Crippen molar-refractivity contribution in [2.24, 2.45) is 5.92 Å². The van der Waals surface area contributed by atoms with E-state index in [9.17, 15) is 14.4 Å². The monoisotopic (exact) mass is 362 g/mol. The fourth-order valence-electron chi connectivity index (χ4n) is 2.84. The molecule has 1 saturated carbocycles. The summed E-state index contributed by atoms with van der Waals surface area (Å²) in [5, 5.41) is 6.06. The summed E-state index contributed by atoms with van der Waals surface area (Å²) in [6.07, 6.45) is 3.23. The summed E-state index contributed by atoms with van der Waals surface area (Å²) in [4.78, 5) is 40.9. The highest BCUT2D eigenvalue weighted by Crippen LogP contribution is 2.30. The fraction of sp³-hybridized carbons (Fsp3) is 0.200. The second kappa shape index (κ2) is 7.03. The second-order valence-corrected chi connectivity index (χ2v) is 6.59. The lowest BCUT2D eigenvalue weighted by Gasteiger charge is -2.10. The number of aromatic nitrogens is 2. The lowest BCUT2D eigenvalue weighted by molar-refractivity contribution is -0.117. The number of carbonyl (C=O) groups is 2. The molecule has 1 aliphatic rings. The van der Waals surface area contributed by atoms with Crippen LogP contribution in [0.5, 0.6) is 0 Å². The number of nitrogens with one attached hydrogen (secondary N) is 2. The molecule has 1 heterocycles. The van der Waals surface area contributed by atoms with Crippen LogP contribution in [0.4, 0.5) is 11.4 Å². The van der Waals surface area contributed by atoms with Crippen LogP contribution in [0, 0.1) is 5.92 Å². The smallest absolute Gasteiger partial charge is 0.261 e. The van der Waals surface area contributed by atoms with Crippen LogP contribution in [0.15, 0.2) is 59.7 Å². The number of rotatable bonds is 5. The molecule has 1 fully saturated rings. The van der Waals surface area contributed by atoms with E-state index in [4.69, 9.17) is 0 Å². The Morgan fingerprint density at radius 3 is 2.56 bits per heavy atom. The normalized spacial score (nSPS) is 13.3. The quantitative estimate of drug-likeness (QED) is 0.729. The zero-order chi connectivity index (χ0) is 18.8. The Morgan fingerprint density at radius 2 is 1.78 bits per heavy atom. The number of fused-ring (bicyclic) bond motifs is 1. The van der Waals surface area contributed by atoms with E-state index in [2.05, 4.69) is 15.6 Å². The van der Waals surface area contributed by atoms with Crippen molar-refractivity contribution in [1.29, 1.82) is 0 Å². The molecule has 0 saturated heterocycles. The molecule has 0 aliphatic heterocycles. The maximum absolute atomic E-state index is 12.5. The number of amides is 2. The summed E-state index contributed by atoms with van der Waals surface area (Å²) in [7, 11) is 0. The highest BCUT2D eigenvalue weighted by Gasteiger charge is 2.29. The Bertz CT molecular complexity index is 1090. The van der Waals surface area contributed by atoms with E-state index in [0.717, 1.165) is 12.8 Å². The molecule has 0 radical (unpaired) electrons. The van der Waals surface area contributed by atoms with Crippen molar-refractivity contribution >= 4 is 34.1 Å². The van der Waals surface area contributed by atoms with Crippen molar-refractivity contribution in [2.75, 3.05) is 10.6 Å². The van der Waals surface area contributed by atoms with E-state index in [1.54, 1.807) is 48.5 Å². The average molecular weight is 362 g/mol. The third-order valence-electron chi connectivity index (χ3n) is 4.41. The van der Waals surface area contributed by atoms with Gasteiger partial charge in [-0.15, -0.1) is 0 Å². The van der Waals surface area contributed by atoms with E-state index in [1.165, 1.54) is 10.9 Å². The molecule has 1 aromatic heterocycles. The van der Waals surface area contributed by atoms with Gasteiger partial charge in [0.15, 0.2) is 0 Å². The first-order valence-electron chi connectivity index (χ1n) is 8.75. The zero-order valence-corrected chi connectivity index (χ0v) is 14.5. The Hall–Kier alpha value is -3.48. The molecule has 7 heteroatoms. The predicted molar refractivity (Wildman–Crippen MR) is 102 cm³/mol. The first-order valence-corrected chi connectivity index (χ1v) is 8.75. The summed E-state index contributed by atoms with van der Waals surface area (Å²) >= 11 is 0. The number of hydrogen-bond donors (Lipinski definition) is 2. The third-order valence-corrected chi connectivity index (χ3v) is 4.41. The van der Waals surface area contributed by atoms with Crippen LogP contribution in [0.25, 0.3) is 10.9 Å². The van der Waals surface area contributed by atoms with Crippen LogP contribution < -0.4 is 16.2 Å². The van der Waals surface area contributed by atoms with Crippen molar-refractivity contribution < 1.29 is 9.59 Å². The fourth-order valence-corrected chi connectivity index (χ4v) is 2.84. The van der Waals surface area contributed by atoms with Gasteiger partial charge in [0.1, 0.15) is 6.54 Å². The molecule has 136 valence electrons. The minimum atomic E-state index is -0.347. The van der Waals surface area contributed by atoms with Gasteiger partial charge >= 0.3 is 0 Å². The number of benzene rings is 2. The molecular weight excluding hydrogens is 344 g/mol. The molecule has 27 heavy (non-hydrogen) atoms. The molecule has 2 amide bonds. The molecule has 3 aromatic rings. The molecule has 0 unspecified atom stereocenters. The maximum Gasteiger partial charge on any atom is 0.261 e. The molecule has 0 bridgehead atoms. The summed E-state index contributed by atoms with van der Waals surface area (Å²) in [5.41, 5.74) is 1.52. The van der Waals surface area contributed by atoms with Crippen LogP contribution in [0.2, 0.25) is 0 Å². The third kappa shape index (κ3) is 3.87. The van der Waals surface area contributed by atoms with Gasteiger partial charge in [-0.1, -0.05) is 18.2 Å². The van der Waals surface area contributed by atoms with E-state index in [0.29, 0.717) is 22.3 Å². The van der Waals surface area contributed by atoms with Crippen LogP contribution in [0.1, 0.15) is 12.8 Å².